The number of aromatic nitrogens is 4. The van der Waals surface area contributed by atoms with Crippen LogP contribution in [-0.4, -0.2) is 32.4 Å². The van der Waals surface area contributed by atoms with Crippen LogP contribution in [0, 0.1) is 0 Å². The molecule has 8 heteroatoms. The molecule has 3 aromatic heterocycles. The predicted octanol–water partition coefficient (Wildman–Crippen LogP) is 3.95. The second kappa shape index (κ2) is 8.49. The Morgan fingerprint density at radius 2 is 1.93 bits per heavy atom. The first-order valence-corrected chi connectivity index (χ1v) is 9.75. The van der Waals surface area contributed by atoms with E-state index in [1.165, 1.54) is 23.9 Å². The number of nitrogens with zero attached hydrogens (tertiary/aromatic N) is 3. The lowest BCUT2D eigenvalue weighted by Gasteiger charge is -2.08. The van der Waals surface area contributed by atoms with E-state index in [9.17, 15) is 4.79 Å². The van der Waals surface area contributed by atoms with Gasteiger partial charge in [-0.25, -0.2) is 9.97 Å². The van der Waals surface area contributed by atoms with Crippen LogP contribution in [0.2, 0.25) is 0 Å². The number of amides is 1. The van der Waals surface area contributed by atoms with E-state index in [1.54, 1.807) is 12.4 Å². The van der Waals surface area contributed by atoms with E-state index in [1.807, 2.05) is 29.6 Å². The molecule has 0 saturated carbocycles. The van der Waals surface area contributed by atoms with Crippen molar-refractivity contribution in [3.63, 3.8) is 0 Å². The molecule has 1 aromatic carbocycles. The van der Waals surface area contributed by atoms with Crippen molar-refractivity contribution in [2.75, 3.05) is 11.9 Å². The topological polar surface area (TPSA) is 95.6 Å². The lowest BCUT2D eigenvalue weighted by atomic mass is 10.0. The van der Waals surface area contributed by atoms with Gasteiger partial charge in [0.2, 0.25) is 0 Å². The minimum Gasteiger partial charge on any atom is -0.345 e. The Labute approximate surface area is 171 Å². The van der Waals surface area contributed by atoms with Crippen LogP contribution in [0.3, 0.4) is 0 Å². The molecule has 4 rings (SSSR count). The second-order valence-corrected chi connectivity index (χ2v) is 7.09. The minimum atomic E-state index is -0.238. The van der Waals surface area contributed by atoms with Gasteiger partial charge in [-0.2, -0.15) is 0 Å². The molecule has 7 nitrogen and oxygen atoms in total. The Kier molecular flexibility index (Phi) is 5.44. The maximum atomic E-state index is 11.9. The molecular weight excluding hydrogens is 384 g/mol. The Morgan fingerprint density at radius 3 is 2.72 bits per heavy atom. The van der Waals surface area contributed by atoms with Crippen LogP contribution >= 0.6 is 11.3 Å². The Morgan fingerprint density at radius 1 is 1.10 bits per heavy atom. The number of benzene rings is 1. The third-order valence-electron chi connectivity index (χ3n) is 4.17. The molecular formula is C21H18N6OS. The van der Waals surface area contributed by atoms with Gasteiger partial charge in [0.15, 0.2) is 5.13 Å². The number of rotatable bonds is 7. The smallest absolute Gasteiger partial charge is 0.269 e. The van der Waals surface area contributed by atoms with Gasteiger partial charge in [-0.3, -0.25) is 9.78 Å². The van der Waals surface area contributed by atoms with Crippen LogP contribution in [0.15, 0.2) is 79.0 Å². The molecule has 0 saturated heterocycles. The molecule has 0 spiro atoms. The third kappa shape index (κ3) is 4.56. The zero-order valence-electron chi connectivity index (χ0n) is 15.4. The highest BCUT2D eigenvalue weighted by molar-refractivity contribution is 7.14. The summed E-state index contributed by atoms with van der Waals surface area (Å²) in [6.45, 7) is 4.23. The predicted molar refractivity (Wildman–Crippen MR) is 114 cm³/mol. The van der Waals surface area contributed by atoms with Crippen molar-refractivity contribution in [3.8, 4) is 22.4 Å². The Hall–Kier alpha value is -3.78. The largest absolute Gasteiger partial charge is 0.345 e. The number of hydrogen-bond donors (Lipinski definition) is 3. The van der Waals surface area contributed by atoms with Crippen molar-refractivity contribution in [3.05, 3.63) is 84.7 Å². The molecule has 144 valence electrons. The summed E-state index contributed by atoms with van der Waals surface area (Å²) in [5.41, 5.74) is 5.17. The number of hydrogen-bond acceptors (Lipinski definition) is 6. The zero-order valence-corrected chi connectivity index (χ0v) is 16.2. The lowest BCUT2D eigenvalue weighted by molar-refractivity contribution is 0.0952. The average Bonchev–Trinajstić information content (AvgIpc) is 3.45. The van der Waals surface area contributed by atoms with Gasteiger partial charge in [-0.05, 0) is 29.3 Å². The van der Waals surface area contributed by atoms with E-state index in [0.29, 0.717) is 11.4 Å². The summed E-state index contributed by atoms with van der Waals surface area (Å²) >= 11 is 1.48. The molecule has 0 aliphatic rings. The number of thiazole rings is 1. The number of carbonyl (C=O) groups excluding carboxylic acids is 1. The molecule has 0 fully saturated rings. The number of aromatic amines is 1. The Balaban J connectivity index is 1.40. The van der Waals surface area contributed by atoms with Crippen LogP contribution in [0.25, 0.3) is 22.4 Å². The molecule has 0 unspecified atom stereocenters. The standard InChI is InChI=1S/C21H18N6OS/c1-14(10-24-20(28)18-11-23-13-25-18)26-21-27-19(12-29-21)17-4-2-3-16(9-17)15-5-7-22-8-6-15/h2-9,11-13H,1,10H2,(H,23,25)(H,24,28)(H,26,27). The number of imidazole rings is 1. The van der Waals surface area contributed by atoms with Crippen LogP contribution in [0.4, 0.5) is 5.13 Å². The highest BCUT2D eigenvalue weighted by Crippen LogP contribution is 2.29. The van der Waals surface area contributed by atoms with Crippen LogP contribution in [-0.2, 0) is 0 Å². The highest BCUT2D eigenvalue weighted by atomic mass is 32.1. The normalized spacial score (nSPS) is 10.5. The summed E-state index contributed by atoms with van der Waals surface area (Å²) in [6, 6.07) is 12.2. The maximum Gasteiger partial charge on any atom is 0.269 e. The molecule has 0 radical (unpaired) electrons. The summed E-state index contributed by atoms with van der Waals surface area (Å²) in [6.07, 6.45) is 6.49. The van der Waals surface area contributed by atoms with E-state index in [2.05, 4.69) is 49.3 Å². The van der Waals surface area contributed by atoms with Gasteiger partial charge in [0.25, 0.3) is 5.91 Å². The molecule has 1 amide bonds. The average molecular weight is 402 g/mol. The molecule has 0 atom stereocenters. The molecule has 3 N–H and O–H groups in total. The third-order valence-corrected chi connectivity index (χ3v) is 4.92. The fraction of sp³-hybridized carbons (Fsp3) is 0.0476. The van der Waals surface area contributed by atoms with Gasteiger partial charge in [0.05, 0.1) is 24.8 Å². The van der Waals surface area contributed by atoms with Gasteiger partial charge in [-0.1, -0.05) is 24.8 Å². The first-order chi connectivity index (χ1) is 14.2. The monoisotopic (exact) mass is 402 g/mol. The number of pyridine rings is 1. The SMILES string of the molecule is C=C(CNC(=O)c1cnc[nH]1)Nc1nc(-c2cccc(-c3ccncc3)c2)cs1. The fourth-order valence-corrected chi connectivity index (χ4v) is 3.49. The van der Waals surface area contributed by atoms with E-state index in [4.69, 9.17) is 0 Å². The number of H-pyrrole nitrogens is 1. The van der Waals surface area contributed by atoms with Crippen molar-refractivity contribution in [1.82, 2.24) is 25.3 Å². The van der Waals surface area contributed by atoms with Crippen molar-refractivity contribution in [2.24, 2.45) is 0 Å². The van der Waals surface area contributed by atoms with E-state index < -0.39 is 0 Å². The lowest BCUT2D eigenvalue weighted by Crippen LogP contribution is -2.27. The molecule has 0 aliphatic carbocycles. The molecule has 29 heavy (non-hydrogen) atoms. The quantitative estimate of drug-likeness (QED) is 0.435. The van der Waals surface area contributed by atoms with Crippen LogP contribution < -0.4 is 10.6 Å². The summed E-state index contributed by atoms with van der Waals surface area (Å²) in [4.78, 5) is 27.2. The molecule has 4 aromatic rings. The van der Waals surface area contributed by atoms with Crippen molar-refractivity contribution in [2.45, 2.75) is 0 Å². The summed E-state index contributed by atoms with van der Waals surface area (Å²) in [7, 11) is 0. The molecule has 0 aliphatic heterocycles. The first-order valence-electron chi connectivity index (χ1n) is 8.87. The van der Waals surface area contributed by atoms with Gasteiger partial charge in [0.1, 0.15) is 5.69 Å². The summed E-state index contributed by atoms with van der Waals surface area (Å²) < 4.78 is 0. The van der Waals surface area contributed by atoms with Gasteiger partial charge < -0.3 is 15.6 Å². The van der Waals surface area contributed by atoms with Crippen molar-refractivity contribution >= 4 is 22.4 Å². The minimum absolute atomic E-state index is 0.238. The van der Waals surface area contributed by atoms with Crippen LogP contribution in [0.1, 0.15) is 10.5 Å². The number of nitrogens with one attached hydrogen (secondary N) is 3. The van der Waals surface area contributed by atoms with E-state index >= 15 is 0 Å². The maximum absolute atomic E-state index is 11.9. The number of carbonyl (C=O) groups is 1. The van der Waals surface area contributed by atoms with Crippen LogP contribution in [0.5, 0.6) is 0 Å². The van der Waals surface area contributed by atoms with Gasteiger partial charge in [0, 0.05) is 29.0 Å². The summed E-state index contributed by atoms with van der Waals surface area (Å²) in [5, 5.41) is 8.62. The van der Waals surface area contributed by atoms with E-state index in [-0.39, 0.29) is 12.5 Å². The summed E-state index contributed by atoms with van der Waals surface area (Å²) in [5.74, 6) is -0.238. The van der Waals surface area contributed by atoms with E-state index in [0.717, 1.165) is 27.5 Å². The van der Waals surface area contributed by atoms with Gasteiger partial charge in [-0.15, -0.1) is 11.3 Å². The van der Waals surface area contributed by atoms with Crippen molar-refractivity contribution < 1.29 is 4.79 Å². The molecule has 3 heterocycles. The van der Waals surface area contributed by atoms with Crippen molar-refractivity contribution in [1.29, 1.82) is 0 Å². The zero-order chi connectivity index (χ0) is 20.1. The molecule has 0 bridgehead atoms. The Bertz CT molecular complexity index is 1120. The first kappa shape index (κ1) is 18.6. The van der Waals surface area contributed by atoms with Gasteiger partial charge >= 0.3 is 0 Å². The fourth-order valence-electron chi connectivity index (χ4n) is 2.72. The second-order valence-electron chi connectivity index (χ2n) is 6.23. The highest BCUT2D eigenvalue weighted by Gasteiger charge is 2.09. The number of anilines is 1.